The highest BCUT2D eigenvalue weighted by Crippen LogP contribution is 2.24. The minimum absolute atomic E-state index is 0.196. The van der Waals surface area contributed by atoms with E-state index in [2.05, 4.69) is 0 Å². The van der Waals surface area contributed by atoms with Crippen LogP contribution in [-0.2, 0) is 4.79 Å². The van der Waals surface area contributed by atoms with Gasteiger partial charge in [-0.2, -0.15) is 0 Å². The molecule has 0 aliphatic heterocycles. The van der Waals surface area contributed by atoms with Crippen LogP contribution < -0.4 is 0 Å². The SMILES string of the molecule is CC(C)C=C(C(=O)O)c1cccc(-c2ccccc2)c1. The molecule has 0 spiro atoms. The Morgan fingerprint density at radius 1 is 1.00 bits per heavy atom. The van der Waals surface area contributed by atoms with Gasteiger partial charge in [-0.3, -0.25) is 0 Å². The highest BCUT2D eigenvalue weighted by Gasteiger charge is 2.11. The van der Waals surface area contributed by atoms with Gasteiger partial charge in [-0.1, -0.05) is 68.5 Å². The molecule has 0 aromatic heterocycles. The van der Waals surface area contributed by atoms with Crippen molar-refractivity contribution < 1.29 is 9.90 Å². The highest BCUT2D eigenvalue weighted by atomic mass is 16.4. The van der Waals surface area contributed by atoms with Gasteiger partial charge in [0.25, 0.3) is 0 Å². The van der Waals surface area contributed by atoms with Crippen LogP contribution in [0.5, 0.6) is 0 Å². The van der Waals surface area contributed by atoms with Crippen LogP contribution in [0.2, 0.25) is 0 Å². The fraction of sp³-hybridized carbons (Fsp3) is 0.167. The first-order valence-corrected chi connectivity index (χ1v) is 6.69. The van der Waals surface area contributed by atoms with E-state index >= 15 is 0 Å². The molecule has 2 heteroatoms. The van der Waals surface area contributed by atoms with E-state index < -0.39 is 5.97 Å². The van der Waals surface area contributed by atoms with Crippen molar-refractivity contribution in [1.29, 1.82) is 0 Å². The Morgan fingerprint density at radius 3 is 2.25 bits per heavy atom. The quantitative estimate of drug-likeness (QED) is 0.828. The Bertz CT molecular complexity index is 625. The number of hydrogen-bond acceptors (Lipinski definition) is 1. The van der Waals surface area contributed by atoms with Gasteiger partial charge in [0.2, 0.25) is 0 Å². The van der Waals surface area contributed by atoms with Crippen molar-refractivity contribution >= 4 is 11.5 Å². The molecule has 102 valence electrons. The molecular formula is C18H18O2. The third-order valence-corrected chi connectivity index (χ3v) is 3.01. The molecule has 0 atom stereocenters. The maximum atomic E-state index is 11.4. The average molecular weight is 266 g/mol. The molecule has 0 aliphatic rings. The summed E-state index contributed by atoms with van der Waals surface area (Å²) in [6.07, 6.45) is 1.78. The van der Waals surface area contributed by atoms with Crippen molar-refractivity contribution in [3.63, 3.8) is 0 Å². The standard InChI is InChI=1S/C18H18O2/c1-13(2)11-17(18(19)20)16-10-6-9-15(12-16)14-7-4-3-5-8-14/h3-13H,1-2H3,(H,19,20). The van der Waals surface area contributed by atoms with Gasteiger partial charge in [-0.25, -0.2) is 4.79 Å². The number of aliphatic carboxylic acids is 1. The van der Waals surface area contributed by atoms with Gasteiger partial charge >= 0.3 is 5.97 Å². The molecule has 0 aliphatic carbocycles. The third-order valence-electron chi connectivity index (χ3n) is 3.01. The zero-order chi connectivity index (χ0) is 14.5. The number of hydrogen-bond donors (Lipinski definition) is 1. The van der Waals surface area contributed by atoms with E-state index in [9.17, 15) is 9.90 Å². The summed E-state index contributed by atoms with van der Waals surface area (Å²) in [6, 6.07) is 17.6. The monoisotopic (exact) mass is 266 g/mol. The summed E-state index contributed by atoms with van der Waals surface area (Å²) >= 11 is 0. The summed E-state index contributed by atoms with van der Waals surface area (Å²) in [4.78, 5) is 11.4. The van der Waals surface area contributed by atoms with E-state index in [1.54, 1.807) is 6.08 Å². The Kier molecular flexibility index (Phi) is 4.36. The molecule has 0 saturated carbocycles. The van der Waals surface area contributed by atoms with Gasteiger partial charge in [0.1, 0.15) is 0 Å². The number of benzene rings is 2. The summed E-state index contributed by atoms with van der Waals surface area (Å²) in [7, 11) is 0. The Hall–Kier alpha value is -2.35. The summed E-state index contributed by atoms with van der Waals surface area (Å²) < 4.78 is 0. The summed E-state index contributed by atoms with van der Waals surface area (Å²) in [6.45, 7) is 3.95. The number of carboxylic acid groups (broad SMARTS) is 1. The second kappa shape index (κ2) is 6.20. The highest BCUT2D eigenvalue weighted by molar-refractivity contribution is 6.15. The lowest BCUT2D eigenvalue weighted by Gasteiger charge is -2.08. The van der Waals surface area contributed by atoms with Crippen molar-refractivity contribution in [2.45, 2.75) is 13.8 Å². The van der Waals surface area contributed by atoms with E-state index in [-0.39, 0.29) is 5.92 Å². The van der Waals surface area contributed by atoms with Crippen LogP contribution in [-0.4, -0.2) is 11.1 Å². The molecule has 2 aromatic rings. The van der Waals surface area contributed by atoms with Crippen LogP contribution in [0, 0.1) is 5.92 Å². The van der Waals surface area contributed by atoms with E-state index in [1.807, 2.05) is 68.4 Å². The topological polar surface area (TPSA) is 37.3 Å². The van der Waals surface area contributed by atoms with Gasteiger partial charge in [-0.15, -0.1) is 0 Å². The minimum Gasteiger partial charge on any atom is -0.478 e. The first kappa shape index (κ1) is 14.1. The Balaban J connectivity index is 2.46. The lowest BCUT2D eigenvalue weighted by molar-refractivity contribution is -0.130. The summed E-state index contributed by atoms with van der Waals surface area (Å²) in [5, 5.41) is 9.37. The minimum atomic E-state index is -0.885. The molecule has 2 aromatic carbocycles. The van der Waals surface area contributed by atoms with Gasteiger partial charge in [-0.05, 0) is 28.7 Å². The predicted octanol–water partition coefficient (Wildman–Crippen LogP) is 4.48. The fourth-order valence-electron chi connectivity index (χ4n) is 2.12. The Morgan fingerprint density at radius 2 is 1.65 bits per heavy atom. The molecule has 0 saturated heterocycles. The van der Waals surface area contributed by atoms with Crippen LogP contribution in [0.15, 0.2) is 60.7 Å². The number of carboxylic acids is 1. The van der Waals surface area contributed by atoms with Crippen molar-refractivity contribution in [2.75, 3.05) is 0 Å². The van der Waals surface area contributed by atoms with Crippen LogP contribution in [0.25, 0.3) is 16.7 Å². The van der Waals surface area contributed by atoms with E-state index in [0.29, 0.717) is 5.57 Å². The van der Waals surface area contributed by atoms with Crippen LogP contribution >= 0.6 is 0 Å². The Labute approximate surface area is 119 Å². The number of carbonyl (C=O) groups is 1. The molecule has 0 radical (unpaired) electrons. The zero-order valence-electron chi connectivity index (χ0n) is 11.7. The number of rotatable bonds is 4. The molecule has 1 N–H and O–H groups in total. The number of allylic oxidation sites excluding steroid dienone is 1. The maximum absolute atomic E-state index is 11.4. The third kappa shape index (κ3) is 3.35. The molecule has 0 fully saturated rings. The zero-order valence-corrected chi connectivity index (χ0v) is 11.7. The van der Waals surface area contributed by atoms with Crippen molar-refractivity contribution in [3.8, 4) is 11.1 Å². The average Bonchev–Trinajstić information content (AvgIpc) is 2.45. The van der Waals surface area contributed by atoms with Crippen molar-refractivity contribution in [3.05, 3.63) is 66.2 Å². The lowest BCUT2D eigenvalue weighted by Crippen LogP contribution is -2.01. The summed E-state index contributed by atoms with van der Waals surface area (Å²) in [5.41, 5.74) is 3.22. The predicted molar refractivity (Wildman–Crippen MR) is 82.3 cm³/mol. The van der Waals surface area contributed by atoms with Gasteiger partial charge in [0.05, 0.1) is 5.57 Å². The van der Waals surface area contributed by atoms with Crippen LogP contribution in [0.3, 0.4) is 0 Å². The smallest absolute Gasteiger partial charge is 0.335 e. The lowest BCUT2D eigenvalue weighted by atomic mass is 9.97. The van der Waals surface area contributed by atoms with Crippen molar-refractivity contribution in [1.82, 2.24) is 0 Å². The molecule has 20 heavy (non-hydrogen) atoms. The molecule has 2 rings (SSSR count). The molecular weight excluding hydrogens is 248 g/mol. The second-order valence-electron chi connectivity index (χ2n) is 5.08. The van der Waals surface area contributed by atoms with E-state index in [1.165, 1.54) is 0 Å². The molecule has 0 amide bonds. The first-order chi connectivity index (χ1) is 9.58. The molecule has 2 nitrogen and oxygen atoms in total. The van der Waals surface area contributed by atoms with Crippen LogP contribution in [0.1, 0.15) is 19.4 Å². The largest absolute Gasteiger partial charge is 0.478 e. The molecule has 0 heterocycles. The van der Waals surface area contributed by atoms with Gasteiger partial charge in [0, 0.05) is 0 Å². The van der Waals surface area contributed by atoms with Crippen molar-refractivity contribution in [2.24, 2.45) is 5.92 Å². The van der Waals surface area contributed by atoms with Gasteiger partial charge < -0.3 is 5.11 Å². The van der Waals surface area contributed by atoms with E-state index in [0.717, 1.165) is 16.7 Å². The second-order valence-corrected chi connectivity index (χ2v) is 5.08. The first-order valence-electron chi connectivity index (χ1n) is 6.69. The fourth-order valence-corrected chi connectivity index (χ4v) is 2.12. The van der Waals surface area contributed by atoms with E-state index in [4.69, 9.17) is 0 Å². The summed E-state index contributed by atoms with van der Waals surface area (Å²) in [5.74, 6) is -0.689. The molecule has 0 unspecified atom stereocenters. The van der Waals surface area contributed by atoms with Crippen LogP contribution in [0.4, 0.5) is 0 Å². The molecule has 0 bridgehead atoms. The van der Waals surface area contributed by atoms with Gasteiger partial charge in [0.15, 0.2) is 0 Å². The normalized spacial score (nSPS) is 11.7. The maximum Gasteiger partial charge on any atom is 0.335 e.